The van der Waals surface area contributed by atoms with Gasteiger partial charge < -0.3 is 11.1 Å². The summed E-state index contributed by atoms with van der Waals surface area (Å²) in [4.78, 5) is 15.7. The average Bonchev–Trinajstić information content (AvgIpc) is 2.70. The molecule has 0 bridgehead atoms. The van der Waals surface area contributed by atoms with E-state index in [1.807, 2.05) is 6.07 Å². The van der Waals surface area contributed by atoms with E-state index in [0.717, 1.165) is 25.1 Å². The average molecular weight is 205 g/mol. The minimum absolute atomic E-state index is 0.180. The predicted octanol–water partition coefficient (Wildman–Crippen LogP) is 0.385. The number of carbonyl (C=O) groups is 1. The molecule has 0 spiro atoms. The van der Waals surface area contributed by atoms with Crippen molar-refractivity contribution in [3.8, 4) is 0 Å². The van der Waals surface area contributed by atoms with Crippen molar-refractivity contribution in [2.45, 2.75) is 12.8 Å². The molecular weight excluding hydrogens is 190 g/mol. The van der Waals surface area contributed by atoms with Crippen molar-refractivity contribution in [3.63, 3.8) is 0 Å². The Morgan fingerprint density at radius 1 is 1.67 bits per heavy atom. The van der Waals surface area contributed by atoms with Crippen LogP contribution in [-0.2, 0) is 11.2 Å². The molecule has 1 atom stereocenters. The number of aromatic nitrogens is 1. The second kappa shape index (κ2) is 4.40. The minimum atomic E-state index is 0.180. The number of ketones is 1. The van der Waals surface area contributed by atoms with E-state index in [9.17, 15) is 4.79 Å². The van der Waals surface area contributed by atoms with Gasteiger partial charge in [0.25, 0.3) is 0 Å². The molecule has 15 heavy (non-hydrogen) atoms. The highest BCUT2D eigenvalue weighted by Gasteiger charge is 2.22. The van der Waals surface area contributed by atoms with E-state index in [0.29, 0.717) is 18.0 Å². The summed E-state index contributed by atoms with van der Waals surface area (Å²) < 4.78 is 0. The van der Waals surface area contributed by atoms with Crippen LogP contribution in [0.5, 0.6) is 0 Å². The number of carbonyl (C=O) groups excluding carboxylic acids is 1. The first kappa shape index (κ1) is 10.1. The number of hydrogen-bond donors (Lipinski definition) is 2. The number of nitrogens with zero attached hydrogens (tertiary/aromatic N) is 1. The zero-order valence-electron chi connectivity index (χ0n) is 8.57. The van der Waals surface area contributed by atoms with Crippen LogP contribution in [0, 0.1) is 5.92 Å². The third kappa shape index (κ3) is 2.53. The fourth-order valence-corrected chi connectivity index (χ4v) is 1.88. The largest absolute Gasteiger partial charge is 0.384 e. The molecule has 3 N–H and O–H groups in total. The number of rotatable bonds is 3. The molecule has 0 amide bonds. The summed E-state index contributed by atoms with van der Waals surface area (Å²) in [5, 5.41) is 3.19. The van der Waals surface area contributed by atoms with E-state index in [-0.39, 0.29) is 5.92 Å². The molecule has 2 heterocycles. The van der Waals surface area contributed by atoms with Gasteiger partial charge in [-0.1, -0.05) is 0 Å². The second-order valence-corrected chi connectivity index (χ2v) is 3.92. The van der Waals surface area contributed by atoms with E-state index in [1.54, 1.807) is 12.3 Å². The lowest BCUT2D eigenvalue weighted by Crippen LogP contribution is -2.19. The van der Waals surface area contributed by atoms with Gasteiger partial charge >= 0.3 is 0 Å². The summed E-state index contributed by atoms with van der Waals surface area (Å²) in [5.74, 6) is 0.954. The normalized spacial score (nSPS) is 20.4. The number of anilines is 1. The first-order chi connectivity index (χ1) is 7.25. The minimum Gasteiger partial charge on any atom is -0.384 e. The number of Topliss-reactive ketones (excluding diaryl/α,β-unsaturated/α-hetero) is 1. The van der Waals surface area contributed by atoms with E-state index in [2.05, 4.69) is 10.3 Å². The number of pyridine rings is 1. The second-order valence-electron chi connectivity index (χ2n) is 3.92. The van der Waals surface area contributed by atoms with Crippen LogP contribution >= 0.6 is 0 Å². The molecule has 0 aromatic carbocycles. The zero-order valence-corrected chi connectivity index (χ0v) is 8.57. The Kier molecular flexibility index (Phi) is 2.97. The molecule has 4 nitrogen and oxygen atoms in total. The van der Waals surface area contributed by atoms with Gasteiger partial charge in [-0.2, -0.15) is 0 Å². The SMILES string of the molecule is Nc1cc(CC(=O)C2CCNC2)ccn1. The molecule has 80 valence electrons. The smallest absolute Gasteiger partial charge is 0.141 e. The van der Waals surface area contributed by atoms with E-state index in [4.69, 9.17) is 5.73 Å². The predicted molar refractivity (Wildman–Crippen MR) is 58.3 cm³/mol. The van der Waals surface area contributed by atoms with Crippen molar-refractivity contribution < 1.29 is 4.79 Å². The molecule has 0 saturated carbocycles. The number of hydrogen-bond acceptors (Lipinski definition) is 4. The maximum Gasteiger partial charge on any atom is 0.141 e. The zero-order chi connectivity index (χ0) is 10.7. The van der Waals surface area contributed by atoms with Gasteiger partial charge in [-0.25, -0.2) is 4.98 Å². The number of nitrogens with one attached hydrogen (secondary N) is 1. The van der Waals surface area contributed by atoms with Crippen LogP contribution in [0.3, 0.4) is 0 Å². The Labute approximate surface area is 88.9 Å². The molecular formula is C11H15N3O. The van der Waals surface area contributed by atoms with Gasteiger partial charge in [0, 0.05) is 25.1 Å². The van der Waals surface area contributed by atoms with Gasteiger partial charge in [0.1, 0.15) is 11.6 Å². The molecule has 1 saturated heterocycles. The maximum atomic E-state index is 11.8. The third-order valence-electron chi connectivity index (χ3n) is 2.74. The molecule has 0 radical (unpaired) electrons. The van der Waals surface area contributed by atoms with Crippen molar-refractivity contribution in [1.82, 2.24) is 10.3 Å². The quantitative estimate of drug-likeness (QED) is 0.748. The number of nitrogens with two attached hydrogens (primary N) is 1. The molecule has 1 unspecified atom stereocenters. The van der Waals surface area contributed by atoms with E-state index in [1.165, 1.54) is 0 Å². The molecule has 1 aliphatic heterocycles. The van der Waals surface area contributed by atoms with Crippen molar-refractivity contribution >= 4 is 11.6 Å². The van der Waals surface area contributed by atoms with Crippen LogP contribution in [0.4, 0.5) is 5.82 Å². The summed E-state index contributed by atoms with van der Waals surface area (Å²) in [7, 11) is 0. The highest BCUT2D eigenvalue weighted by Crippen LogP contribution is 2.13. The first-order valence-electron chi connectivity index (χ1n) is 5.19. The van der Waals surface area contributed by atoms with Gasteiger partial charge in [-0.05, 0) is 30.7 Å². The van der Waals surface area contributed by atoms with Gasteiger partial charge in [-0.3, -0.25) is 4.79 Å². The van der Waals surface area contributed by atoms with Crippen molar-refractivity contribution in [2.24, 2.45) is 5.92 Å². The molecule has 4 heteroatoms. The van der Waals surface area contributed by atoms with E-state index >= 15 is 0 Å². The molecule has 1 aliphatic rings. The fourth-order valence-electron chi connectivity index (χ4n) is 1.88. The van der Waals surface area contributed by atoms with Crippen LogP contribution in [0.15, 0.2) is 18.3 Å². The Hall–Kier alpha value is -1.42. The summed E-state index contributed by atoms with van der Waals surface area (Å²) in [6.07, 6.45) is 3.07. The molecule has 1 aromatic heterocycles. The van der Waals surface area contributed by atoms with Gasteiger partial charge in [0.15, 0.2) is 0 Å². The third-order valence-corrected chi connectivity index (χ3v) is 2.74. The van der Waals surface area contributed by atoms with Crippen LogP contribution in [0.2, 0.25) is 0 Å². The molecule has 0 aliphatic carbocycles. The molecule has 1 fully saturated rings. The first-order valence-corrected chi connectivity index (χ1v) is 5.19. The van der Waals surface area contributed by atoms with E-state index < -0.39 is 0 Å². The highest BCUT2D eigenvalue weighted by molar-refractivity contribution is 5.83. The van der Waals surface area contributed by atoms with Crippen LogP contribution in [0.1, 0.15) is 12.0 Å². The van der Waals surface area contributed by atoms with Gasteiger partial charge in [0.05, 0.1) is 0 Å². The standard InChI is InChI=1S/C11H15N3O/c12-11-6-8(1-4-14-11)5-10(15)9-2-3-13-7-9/h1,4,6,9,13H,2-3,5,7H2,(H2,12,14). The van der Waals surface area contributed by atoms with Gasteiger partial charge in [0.2, 0.25) is 0 Å². The van der Waals surface area contributed by atoms with Crippen LogP contribution < -0.4 is 11.1 Å². The molecule has 1 aromatic rings. The lowest BCUT2D eigenvalue weighted by atomic mass is 9.98. The van der Waals surface area contributed by atoms with Crippen molar-refractivity contribution in [2.75, 3.05) is 18.8 Å². The monoisotopic (exact) mass is 205 g/mol. The summed E-state index contributed by atoms with van der Waals surface area (Å²) >= 11 is 0. The fraction of sp³-hybridized carbons (Fsp3) is 0.455. The van der Waals surface area contributed by atoms with Crippen LogP contribution in [0.25, 0.3) is 0 Å². The van der Waals surface area contributed by atoms with Gasteiger partial charge in [-0.15, -0.1) is 0 Å². The highest BCUT2D eigenvalue weighted by atomic mass is 16.1. The Morgan fingerprint density at radius 3 is 3.20 bits per heavy atom. The Balaban J connectivity index is 1.99. The summed E-state index contributed by atoms with van der Waals surface area (Å²) in [6, 6.07) is 3.61. The van der Waals surface area contributed by atoms with Crippen LogP contribution in [-0.4, -0.2) is 23.9 Å². The summed E-state index contributed by atoms with van der Waals surface area (Å²) in [6.45, 7) is 1.77. The topological polar surface area (TPSA) is 68.0 Å². The van der Waals surface area contributed by atoms with Crippen molar-refractivity contribution in [1.29, 1.82) is 0 Å². The summed E-state index contributed by atoms with van der Waals surface area (Å²) in [5.41, 5.74) is 6.51. The molecule has 2 rings (SSSR count). The van der Waals surface area contributed by atoms with Crippen molar-refractivity contribution in [3.05, 3.63) is 23.9 Å². The lowest BCUT2D eigenvalue weighted by molar-refractivity contribution is -0.121. The maximum absolute atomic E-state index is 11.8. The lowest BCUT2D eigenvalue weighted by Gasteiger charge is -2.07. The Bertz CT molecular complexity index is 359. The Morgan fingerprint density at radius 2 is 2.53 bits per heavy atom. The number of nitrogen functional groups attached to an aromatic ring is 1.